The first-order valence-electron chi connectivity index (χ1n) is 6.79. The van der Waals surface area contributed by atoms with Crippen molar-refractivity contribution in [3.8, 4) is 11.8 Å². The molecule has 0 spiro atoms. The first-order chi connectivity index (χ1) is 12.1. The van der Waals surface area contributed by atoms with Crippen molar-refractivity contribution >= 4 is 32.4 Å². The van der Waals surface area contributed by atoms with E-state index in [9.17, 15) is 21.6 Å². The van der Waals surface area contributed by atoms with Gasteiger partial charge in [0.1, 0.15) is 0 Å². The number of hydrogen-bond donors (Lipinski definition) is 2. The van der Waals surface area contributed by atoms with E-state index in [1.165, 1.54) is 20.3 Å². The Morgan fingerprint density at radius 1 is 1.15 bits per heavy atom. The summed E-state index contributed by atoms with van der Waals surface area (Å²) in [7, 11) is -5.45. The highest BCUT2D eigenvalue weighted by Crippen LogP contribution is 2.20. The zero-order chi connectivity index (χ0) is 19.5. The molecule has 0 unspecified atom stereocenters. The minimum absolute atomic E-state index is 0.0489. The maximum Gasteiger partial charge on any atom is 0.336 e. The lowest BCUT2D eigenvalue weighted by molar-refractivity contribution is -0.0386. The molecule has 146 valence electrons. The average molecular weight is 412 g/mol. The summed E-state index contributed by atoms with van der Waals surface area (Å²) in [5.74, 6) is -0.225. The van der Waals surface area contributed by atoms with Crippen LogP contribution in [0.25, 0.3) is 0 Å². The van der Waals surface area contributed by atoms with E-state index in [1.807, 2.05) is 5.32 Å². The van der Waals surface area contributed by atoms with Gasteiger partial charge in [-0.1, -0.05) is 8.18 Å². The van der Waals surface area contributed by atoms with Crippen molar-refractivity contribution in [3.05, 3.63) is 6.07 Å². The van der Waals surface area contributed by atoms with E-state index in [1.54, 1.807) is 4.72 Å². The predicted octanol–water partition coefficient (Wildman–Crippen LogP) is -1.72. The molecule has 0 atom stereocenters. The van der Waals surface area contributed by atoms with Gasteiger partial charge in [-0.05, 0) is 0 Å². The Morgan fingerprint density at radius 3 is 2.19 bits per heavy atom. The topological polar surface area (TPSA) is 169 Å². The van der Waals surface area contributed by atoms with Gasteiger partial charge in [0, 0.05) is 6.54 Å². The molecule has 16 heteroatoms. The number of nitrogens with one attached hydrogen (secondary N) is 2. The van der Waals surface area contributed by atoms with Crippen LogP contribution in [0.4, 0.5) is 10.7 Å². The number of rotatable bonds is 6. The van der Waals surface area contributed by atoms with Gasteiger partial charge in [0.05, 0.1) is 33.9 Å². The Labute approximate surface area is 149 Å². The molecule has 26 heavy (non-hydrogen) atoms. The number of urea groups is 1. The van der Waals surface area contributed by atoms with Gasteiger partial charge in [-0.2, -0.15) is 26.8 Å². The molecular formula is C10H16N6O8S2. The van der Waals surface area contributed by atoms with Crippen molar-refractivity contribution in [1.82, 2.24) is 22.9 Å². The van der Waals surface area contributed by atoms with Gasteiger partial charge in [-0.3, -0.25) is 10.2 Å². The molecule has 1 aromatic rings. The standard InChI is InChI=1S/C10H16N6O8S2/c1-22-7-6-8(23-2)12-9(11-7)13-10(17)14-25(18,19)16-5-4-15(24-3)26(16,20)21/h6H,4-5H2,1-3H3,(H2,11,12,13,14,17). The lowest BCUT2D eigenvalue weighted by Crippen LogP contribution is -2.47. The van der Waals surface area contributed by atoms with Gasteiger partial charge in [-0.15, -0.1) is 0 Å². The van der Waals surface area contributed by atoms with Crippen LogP contribution in [0.2, 0.25) is 0 Å². The summed E-state index contributed by atoms with van der Waals surface area (Å²) in [6, 6.07) is 0.0436. The average Bonchev–Trinajstić information content (AvgIpc) is 2.88. The first-order valence-corrected chi connectivity index (χ1v) is 9.63. The molecule has 1 aliphatic heterocycles. The summed E-state index contributed by atoms with van der Waals surface area (Å²) in [4.78, 5) is 24.0. The van der Waals surface area contributed by atoms with E-state index >= 15 is 0 Å². The van der Waals surface area contributed by atoms with Crippen LogP contribution in [0, 0.1) is 0 Å². The minimum atomic E-state index is -4.72. The fraction of sp³-hybridized carbons (Fsp3) is 0.500. The molecule has 14 nitrogen and oxygen atoms in total. The van der Waals surface area contributed by atoms with Crippen molar-refractivity contribution in [2.24, 2.45) is 0 Å². The molecule has 0 aliphatic carbocycles. The van der Waals surface area contributed by atoms with Gasteiger partial charge in [-0.25, -0.2) is 9.52 Å². The SMILES string of the molecule is COc1cc(OC)nc(NC(=O)NS(=O)(=O)N2CCN(OC)S2(=O)=O)n1. The molecule has 1 aliphatic rings. The zero-order valence-electron chi connectivity index (χ0n) is 13.9. The molecule has 0 radical (unpaired) electrons. The van der Waals surface area contributed by atoms with E-state index < -0.39 is 33.0 Å². The summed E-state index contributed by atoms with van der Waals surface area (Å²) >= 11 is 0. The second-order valence-electron chi connectivity index (χ2n) is 4.55. The molecule has 0 saturated carbocycles. The summed E-state index contributed by atoms with van der Waals surface area (Å²) in [6.45, 7) is -0.653. The van der Waals surface area contributed by atoms with Gasteiger partial charge in [0.2, 0.25) is 17.7 Å². The molecule has 2 heterocycles. The number of carbonyl (C=O) groups excluding carboxylic acids is 1. The van der Waals surface area contributed by atoms with E-state index in [4.69, 9.17) is 9.47 Å². The van der Waals surface area contributed by atoms with Crippen LogP contribution >= 0.6 is 0 Å². The van der Waals surface area contributed by atoms with Crippen LogP contribution in [-0.2, 0) is 25.3 Å². The van der Waals surface area contributed by atoms with Gasteiger partial charge in [0.25, 0.3) is 0 Å². The Hall–Kier alpha value is -2.27. The third-order valence-corrected chi connectivity index (χ3v) is 6.86. The van der Waals surface area contributed by atoms with Crippen LogP contribution in [-0.4, -0.2) is 75.4 Å². The number of nitrogens with zero attached hydrogens (tertiary/aromatic N) is 4. The Morgan fingerprint density at radius 2 is 1.73 bits per heavy atom. The van der Waals surface area contributed by atoms with Crippen LogP contribution in [0.3, 0.4) is 0 Å². The van der Waals surface area contributed by atoms with Gasteiger partial charge >= 0.3 is 26.4 Å². The maximum atomic E-state index is 12.2. The quantitative estimate of drug-likeness (QED) is 0.548. The van der Waals surface area contributed by atoms with Crippen molar-refractivity contribution in [2.45, 2.75) is 0 Å². The maximum absolute atomic E-state index is 12.2. The lowest BCUT2D eigenvalue weighted by Gasteiger charge is -2.17. The summed E-state index contributed by atoms with van der Waals surface area (Å²) in [5.41, 5.74) is 0. The number of anilines is 1. The number of ether oxygens (including phenoxy) is 2. The highest BCUT2D eigenvalue weighted by molar-refractivity contribution is 8.02. The number of hydrogen-bond acceptors (Lipinski definition) is 10. The highest BCUT2D eigenvalue weighted by Gasteiger charge is 2.45. The number of aromatic nitrogens is 2. The first kappa shape index (κ1) is 20.0. The predicted molar refractivity (Wildman–Crippen MR) is 85.6 cm³/mol. The van der Waals surface area contributed by atoms with E-state index in [0.717, 1.165) is 7.11 Å². The fourth-order valence-electron chi connectivity index (χ4n) is 1.89. The Bertz CT molecular complexity index is 867. The van der Waals surface area contributed by atoms with Crippen molar-refractivity contribution in [3.63, 3.8) is 0 Å². The third-order valence-electron chi connectivity index (χ3n) is 3.00. The molecular weight excluding hydrogens is 396 g/mol. The van der Waals surface area contributed by atoms with Gasteiger partial charge < -0.3 is 9.47 Å². The second kappa shape index (κ2) is 7.54. The molecule has 2 rings (SSSR count). The van der Waals surface area contributed by atoms with Crippen molar-refractivity contribution in [2.75, 3.05) is 39.7 Å². The summed E-state index contributed by atoms with van der Waals surface area (Å²) in [6.07, 6.45) is 0. The van der Waals surface area contributed by atoms with Crippen molar-refractivity contribution < 1.29 is 35.9 Å². The smallest absolute Gasteiger partial charge is 0.336 e. The van der Waals surface area contributed by atoms with Crippen LogP contribution in [0.5, 0.6) is 11.8 Å². The number of carbonyl (C=O) groups is 1. The molecule has 0 aromatic carbocycles. The van der Waals surface area contributed by atoms with Crippen LogP contribution in [0.1, 0.15) is 0 Å². The number of hydroxylamine groups is 1. The Balaban J connectivity index is 2.15. The minimum Gasteiger partial charge on any atom is -0.481 e. The molecule has 2 N–H and O–H groups in total. The molecule has 1 saturated heterocycles. The molecule has 1 fully saturated rings. The monoisotopic (exact) mass is 412 g/mol. The van der Waals surface area contributed by atoms with Crippen LogP contribution in [0.15, 0.2) is 6.07 Å². The molecule has 2 amide bonds. The van der Waals surface area contributed by atoms with E-state index in [-0.39, 0.29) is 28.0 Å². The van der Waals surface area contributed by atoms with Crippen molar-refractivity contribution in [1.29, 1.82) is 0 Å². The number of methoxy groups -OCH3 is 2. The molecule has 0 bridgehead atoms. The molecule has 1 aromatic heterocycles. The highest BCUT2D eigenvalue weighted by atomic mass is 32.3. The summed E-state index contributed by atoms with van der Waals surface area (Å²) in [5, 5.41) is 2.05. The third kappa shape index (κ3) is 4.10. The van der Waals surface area contributed by atoms with Gasteiger partial charge in [0.15, 0.2) is 0 Å². The number of amides is 2. The Kier molecular flexibility index (Phi) is 5.81. The fourth-order valence-corrected chi connectivity index (χ4v) is 4.94. The summed E-state index contributed by atoms with van der Waals surface area (Å²) < 4.78 is 60.2. The van der Waals surface area contributed by atoms with E-state index in [2.05, 4.69) is 14.8 Å². The zero-order valence-corrected chi connectivity index (χ0v) is 15.5. The van der Waals surface area contributed by atoms with E-state index in [0.29, 0.717) is 4.47 Å². The normalized spacial score (nSPS) is 17.7. The lowest BCUT2D eigenvalue weighted by atomic mass is 10.6. The largest absolute Gasteiger partial charge is 0.481 e. The second-order valence-corrected chi connectivity index (χ2v) is 8.12. The van der Waals surface area contributed by atoms with Crippen LogP contribution < -0.4 is 19.5 Å².